The maximum absolute atomic E-state index is 13.2. The maximum atomic E-state index is 13.2. The first-order valence-electron chi connectivity index (χ1n) is 6.37. The van der Waals surface area contributed by atoms with E-state index >= 15 is 0 Å². The molecule has 0 radical (unpaired) electrons. The van der Waals surface area contributed by atoms with Crippen molar-refractivity contribution < 1.29 is 18.6 Å². The molecule has 4 heteroatoms. The molecule has 1 saturated carbocycles. The lowest BCUT2D eigenvalue weighted by Crippen LogP contribution is -2.14. The second kappa shape index (κ2) is 4.19. The zero-order chi connectivity index (χ0) is 12.8. The van der Waals surface area contributed by atoms with Gasteiger partial charge in [-0.2, -0.15) is 0 Å². The second-order valence-electron chi connectivity index (χ2n) is 5.24. The van der Waals surface area contributed by atoms with Crippen LogP contribution in [0.25, 0.3) is 0 Å². The van der Waals surface area contributed by atoms with E-state index in [1.54, 1.807) is 6.07 Å². The van der Waals surface area contributed by atoms with Crippen LogP contribution in [0.2, 0.25) is 0 Å². The molecule has 0 saturated heterocycles. The smallest absolute Gasteiger partial charge is 0.248 e. The van der Waals surface area contributed by atoms with Crippen molar-refractivity contribution in [1.82, 2.24) is 0 Å². The molecule has 3 rings (SSSR count). The summed E-state index contributed by atoms with van der Waals surface area (Å²) in [6.07, 6.45) is 0.0169. The van der Waals surface area contributed by atoms with Gasteiger partial charge in [-0.1, -0.05) is 18.2 Å². The number of para-hydroxylation sites is 1. The molecule has 1 N–H and O–H groups in total. The Labute approximate surface area is 105 Å². The van der Waals surface area contributed by atoms with Gasteiger partial charge < -0.3 is 9.84 Å². The average molecular weight is 254 g/mol. The number of benzene rings is 1. The molecule has 0 spiro atoms. The average Bonchev–Trinajstić information content (AvgIpc) is 2.93. The lowest BCUT2D eigenvalue weighted by molar-refractivity contribution is -0.00532. The Balaban J connectivity index is 1.85. The highest BCUT2D eigenvalue weighted by Crippen LogP contribution is 2.46. The summed E-state index contributed by atoms with van der Waals surface area (Å²) >= 11 is 0. The van der Waals surface area contributed by atoms with E-state index in [-0.39, 0.29) is 18.8 Å². The van der Waals surface area contributed by atoms with E-state index < -0.39 is 12.0 Å². The van der Waals surface area contributed by atoms with Crippen molar-refractivity contribution in [2.45, 2.75) is 37.7 Å². The number of fused-ring (bicyclic) bond motifs is 1. The Morgan fingerprint density at radius 1 is 1.39 bits per heavy atom. The Morgan fingerprint density at radius 3 is 2.94 bits per heavy atom. The largest absolute Gasteiger partial charge is 0.493 e. The standard InChI is InChI=1S/C14H16F2O2/c15-14(16)6-4-10(8-14)12(17)11-3-1-2-9-5-7-18-13(9)11/h1-3,10,12,17H,4-8H2. The number of aliphatic hydroxyl groups excluding tert-OH is 1. The number of ether oxygens (including phenoxy) is 1. The highest BCUT2D eigenvalue weighted by atomic mass is 19.3. The summed E-state index contributed by atoms with van der Waals surface area (Å²) in [7, 11) is 0. The summed E-state index contributed by atoms with van der Waals surface area (Å²) in [6.45, 7) is 0.611. The van der Waals surface area contributed by atoms with Crippen LogP contribution in [0.1, 0.15) is 36.5 Å². The minimum Gasteiger partial charge on any atom is -0.493 e. The molecule has 1 heterocycles. The molecule has 1 aliphatic heterocycles. The van der Waals surface area contributed by atoms with E-state index in [4.69, 9.17) is 4.74 Å². The third-order valence-electron chi connectivity index (χ3n) is 3.95. The topological polar surface area (TPSA) is 29.5 Å². The third kappa shape index (κ3) is 1.99. The highest BCUT2D eigenvalue weighted by Gasteiger charge is 2.43. The maximum Gasteiger partial charge on any atom is 0.248 e. The third-order valence-corrected chi connectivity index (χ3v) is 3.95. The quantitative estimate of drug-likeness (QED) is 0.878. The summed E-state index contributed by atoms with van der Waals surface area (Å²) in [6, 6.07) is 5.60. The molecular weight excluding hydrogens is 238 g/mol. The van der Waals surface area contributed by atoms with Gasteiger partial charge in [0.1, 0.15) is 5.75 Å². The van der Waals surface area contributed by atoms with Crippen molar-refractivity contribution >= 4 is 0 Å². The number of hydrogen-bond donors (Lipinski definition) is 1. The predicted octanol–water partition coefficient (Wildman–Crippen LogP) is 3.09. The number of hydrogen-bond acceptors (Lipinski definition) is 2. The molecule has 1 aliphatic carbocycles. The van der Waals surface area contributed by atoms with Crippen LogP contribution in [0.5, 0.6) is 5.75 Å². The van der Waals surface area contributed by atoms with E-state index in [1.165, 1.54) is 0 Å². The first-order chi connectivity index (χ1) is 8.57. The molecule has 2 atom stereocenters. The fourth-order valence-corrected chi connectivity index (χ4v) is 2.98. The van der Waals surface area contributed by atoms with Gasteiger partial charge in [0.25, 0.3) is 0 Å². The van der Waals surface area contributed by atoms with Gasteiger partial charge in [-0.25, -0.2) is 8.78 Å². The monoisotopic (exact) mass is 254 g/mol. The molecule has 0 aromatic heterocycles. The van der Waals surface area contributed by atoms with Crippen molar-refractivity contribution in [1.29, 1.82) is 0 Å². The molecule has 1 aromatic carbocycles. The van der Waals surface area contributed by atoms with Gasteiger partial charge in [0.05, 0.1) is 12.7 Å². The molecule has 0 bridgehead atoms. The Bertz CT molecular complexity index is 459. The second-order valence-corrected chi connectivity index (χ2v) is 5.24. The van der Waals surface area contributed by atoms with Gasteiger partial charge >= 0.3 is 0 Å². The van der Waals surface area contributed by atoms with Crippen LogP contribution in [0.15, 0.2) is 18.2 Å². The summed E-state index contributed by atoms with van der Waals surface area (Å²) in [5.41, 5.74) is 1.74. The van der Waals surface area contributed by atoms with Crippen LogP contribution in [0, 0.1) is 5.92 Å². The van der Waals surface area contributed by atoms with Crippen LogP contribution in [-0.4, -0.2) is 17.6 Å². The minimum atomic E-state index is -2.62. The van der Waals surface area contributed by atoms with Crippen molar-refractivity contribution in [3.8, 4) is 5.75 Å². The molecule has 2 nitrogen and oxygen atoms in total. The van der Waals surface area contributed by atoms with Crippen LogP contribution in [0.4, 0.5) is 8.78 Å². The molecule has 0 amide bonds. The minimum absolute atomic E-state index is 0.120. The molecule has 1 aromatic rings. The summed E-state index contributed by atoms with van der Waals surface area (Å²) in [5, 5.41) is 10.3. The summed E-state index contributed by atoms with van der Waals surface area (Å²) in [4.78, 5) is 0. The van der Waals surface area contributed by atoms with Crippen LogP contribution >= 0.6 is 0 Å². The zero-order valence-corrected chi connectivity index (χ0v) is 10.0. The number of alkyl halides is 2. The van der Waals surface area contributed by atoms with E-state index in [1.807, 2.05) is 12.1 Å². The number of rotatable bonds is 2. The van der Waals surface area contributed by atoms with Gasteiger partial charge in [-0.3, -0.25) is 0 Å². The normalized spacial score (nSPS) is 26.7. The van der Waals surface area contributed by atoms with Gasteiger partial charge in [0, 0.05) is 24.8 Å². The summed E-state index contributed by atoms with van der Waals surface area (Å²) < 4.78 is 31.9. The first-order valence-corrected chi connectivity index (χ1v) is 6.37. The SMILES string of the molecule is OC(c1cccc2c1OCC2)C1CCC(F)(F)C1. The van der Waals surface area contributed by atoms with Crippen molar-refractivity contribution in [3.05, 3.63) is 29.3 Å². The Hall–Kier alpha value is -1.16. The fourth-order valence-electron chi connectivity index (χ4n) is 2.98. The molecule has 18 heavy (non-hydrogen) atoms. The van der Waals surface area contributed by atoms with Crippen LogP contribution in [-0.2, 0) is 6.42 Å². The molecule has 1 fully saturated rings. The van der Waals surface area contributed by atoms with Gasteiger partial charge in [-0.05, 0) is 17.9 Å². The Morgan fingerprint density at radius 2 is 2.22 bits per heavy atom. The van der Waals surface area contributed by atoms with Crippen molar-refractivity contribution in [2.75, 3.05) is 6.61 Å². The Kier molecular flexibility index (Phi) is 2.77. The van der Waals surface area contributed by atoms with Crippen molar-refractivity contribution in [2.24, 2.45) is 5.92 Å². The van der Waals surface area contributed by atoms with E-state index in [2.05, 4.69) is 0 Å². The van der Waals surface area contributed by atoms with Crippen LogP contribution in [0.3, 0.4) is 0 Å². The highest BCUT2D eigenvalue weighted by molar-refractivity contribution is 5.45. The van der Waals surface area contributed by atoms with E-state index in [9.17, 15) is 13.9 Å². The lowest BCUT2D eigenvalue weighted by atomic mass is 9.92. The molecule has 2 unspecified atom stereocenters. The zero-order valence-electron chi connectivity index (χ0n) is 10.0. The summed E-state index contributed by atoms with van der Waals surface area (Å²) in [5.74, 6) is -2.28. The molecular formula is C14H16F2O2. The molecule has 2 aliphatic rings. The van der Waals surface area contributed by atoms with Crippen LogP contribution < -0.4 is 4.74 Å². The lowest BCUT2D eigenvalue weighted by Gasteiger charge is -2.20. The van der Waals surface area contributed by atoms with Gasteiger partial charge in [0.15, 0.2) is 0 Å². The number of aliphatic hydroxyl groups is 1. The first kappa shape index (κ1) is 11.9. The van der Waals surface area contributed by atoms with E-state index in [0.29, 0.717) is 24.3 Å². The van der Waals surface area contributed by atoms with Gasteiger partial charge in [0.2, 0.25) is 5.92 Å². The fraction of sp³-hybridized carbons (Fsp3) is 0.571. The predicted molar refractivity (Wildman–Crippen MR) is 62.9 cm³/mol. The van der Waals surface area contributed by atoms with Crippen molar-refractivity contribution in [3.63, 3.8) is 0 Å². The van der Waals surface area contributed by atoms with Gasteiger partial charge in [-0.15, -0.1) is 0 Å². The molecule has 98 valence electrons. The number of halogens is 2. The van der Waals surface area contributed by atoms with E-state index in [0.717, 1.165) is 12.0 Å².